The average Bonchev–Trinajstić information content (AvgIpc) is 2.69. The minimum absolute atomic E-state index is 0. The number of unbranched alkanes of at least 4 members (excludes halogenated alkanes) is 8. The van der Waals surface area contributed by atoms with Crippen molar-refractivity contribution in [2.75, 3.05) is 0 Å². The van der Waals surface area contributed by atoms with E-state index in [1.165, 1.54) is 81.7 Å². The van der Waals surface area contributed by atoms with Gasteiger partial charge in [-0.15, -0.1) is 0 Å². The smallest absolute Gasteiger partial charge is 0.870 e. The Morgan fingerprint density at radius 1 is 0.867 bits per heavy atom. The molecule has 5 nitrogen and oxygen atoms in total. The van der Waals surface area contributed by atoms with Crippen LogP contribution < -0.4 is 61.2 Å². The first kappa shape index (κ1) is 27.6. The van der Waals surface area contributed by atoms with Crippen LogP contribution in [-0.2, 0) is 16.5 Å². The van der Waals surface area contributed by atoms with E-state index < -0.39 is 10.1 Å². The zero-order chi connectivity index (χ0) is 21.1. The van der Waals surface area contributed by atoms with Gasteiger partial charge in [-0.25, -0.2) is 0 Å². The molecule has 0 fully saturated rings. The van der Waals surface area contributed by atoms with Gasteiger partial charge in [-0.1, -0.05) is 76.2 Å². The molecule has 160 valence electrons. The number of rotatable bonds is 13. The zero-order valence-electron chi connectivity index (χ0n) is 18.1. The van der Waals surface area contributed by atoms with Crippen molar-refractivity contribution >= 4 is 10.1 Å². The van der Waals surface area contributed by atoms with Crippen molar-refractivity contribution in [3.05, 3.63) is 48.0 Å². The third kappa shape index (κ3) is 10.3. The van der Waals surface area contributed by atoms with Crippen molar-refractivity contribution in [1.82, 2.24) is 0 Å². The molecule has 0 unspecified atom stereocenters. The third-order valence-electron chi connectivity index (χ3n) is 4.93. The fraction of sp³-hybridized carbons (Fsp3) is 0.478. The summed E-state index contributed by atoms with van der Waals surface area (Å²) in [6.07, 6.45) is 12.3. The van der Waals surface area contributed by atoms with E-state index in [-0.39, 0.29) is 67.8 Å². The summed E-state index contributed by atoms with van der Waals surface area (Å²) in [5.74, 6) is 0.340. The molecule has 0 radical (unpaired) electrons. The van der Waals surface area contributed by atoms with Gasteiger partial charge in [-0.3, -0.25) is 4.55 Å². The van der Waals surface area contributed by atoms with Crippen LogP contribution in [-0.4, -0.2) is 13.0 Å². The van der Waals surface area contributed by atoms with Crippen molar-refractivity contribution in [1.29, 1.82) is 0 Å². The van der Waals surface area contributed by atoms with Crippen LogP contribution in [0.2, 0.25) is 0 Å². The first-order chi connectivity index (χ1) is 13.9. The molecule has 0 saturated heterocycles. The van der Waals surface area contributed by atoms with Crippen LogP contribution in [0, 0.1) is 0 Å². The second-order valence-corrected chi connectivity index (χ2v) is 8.83. The van der Waals surface area contributed by atoms with Gasteiger partial charge in [0.15, 0.2) is 0 Å². The topological polar surface area (TPSA) is 86.7 Å². The van der Waals surface area contributed by atoms with E-state index in [0.717, 1.165) is 18.4 Å². The van der Waals surface area contributed by atoms with E-state index in [4.69, 9.17) is 9.29 Å². The maximum Gasteiger partial charge on any atom is 1.00 e. The Morgan fingerprint density at radius 3 is 2.00 bits per heavy atom. The molecule has 0 aliphatic carbocycles. The SMILES string of the molecule is CCCCCCCCCCCc1ccc([O-])c(Oc2ccc(S(=O)(=O)O)cc2)c1.[K+]. The molecule has 0 spiro atoms. The van der Waals surface area contributed by atoms with Crippen LogP contribution in [0.15, 0.2) is 47.4 Å². The second-order valence-electron chi connectivity index (χ2n) is 7.41. The van der Waals surface area contributed by atoms with E-state index in [0.29, 0.717) is 5.75 Å². The molecule has 0 heterocycles. The van der Waals surface area contributed by atoms with Crippen LogP contribution in [0.25, 0.3) is 0 Å². The van der Waals surface area contributed by atoms with Crippen molar-refractivity contribution < 1.29 is 74.2 Å². The largest absolute Gasteiger partial charge is 1.00 e. The molecule has 0 aliphatic rings. The summed E-state index contributed by atoms with van der Waals surface area (Å²) in [5.41, 5.74) is 1.05. The number of hydrogen-bond donors (Lipinski definition) is 1. The Balaban J connectivity index is 0.00000450. The summed E-state index contributed by atoms with van der Waals surface area (Å²) in [5, 5.41) is 12.1. The molecule has 0 amide bonds. The van der Waals surface area contributed by atoms with E-state index in [1.807, 2.05) is 6.07 Å². The monoisotopic (exact) mass is 458 g/mol. The molecule has 0 atom stereocenters. The molecule has 2 aromatic rings. The fourth-order valence-electron chi connectivity index (χ4n) is 3.23. The maximum atomic E-state index is 12.1. The van der Waals surface area contributed by atoms with E-state index in [2.05, 4.69) is 6.92 Å². The summed E-state index contributed by atoms with van der Waals surface area (Å²) in [4.78, 5) is -0.216. The van der Waals surface area contributed by atoms with Crippen molar-refractivity contribution in [3.63, 3.8) is 0 Å². The van der Waals surface area contributed by atoms with Crippen molar-refractivity contribution in [2.45, 2.75) is 76.0 Å². The first-order valence-electron chi connectivity index (χ1n) is 10.5. The first-order valence-corrected chi connectivity index (χ1v) is 11.9. The minimum atomic E-state index is -4.25. The van der Waals surface area contributed by atoms with Gasteiger partial charge < -0.3 is 9.84 Å². The Morgan fingerprint density at radius 2 is 1.43 bits per heavy atom. The number of ether oxygens (including phenoxy) is 1. The van der Waals surface area contributed by atoms with Crippen molar-refractivity contribution in [3.8, 4) is 17.2 Å². The average molecular weight is 459 g/mol. The Hall–Kier alpha value is -0.414. The van der Waals surface area contributed by atoms with Gasteiger partial charge in [-0.05, 0) is 48.7 Å². The van der Waals surface area contributed by atoms with Crippen LogP contribution in [0.1, 0.15) is 70.3 Å². The van der Waals surface area contributed by atoms with Crippen LogP contribution in [0.4, 0.5) is 0 Å². The molecular weight excluding hydrogens is 427 g/mol. The van der Waals surface area contributed by atoms with Crippen molar-refractivity contribution in [2.24, 2.45) is 0 Å². The molecule has 2 rings (SSSR count). The van der Waals surface area contributed by atoms with Crippen LogP contribution >= 0.6 is 0 Å². The molecular formula is C23H31KO5S. The molecule has 30 heavy (non-hydrogen) atoms. The summed E-state index contributed by atoms with van der Waals surface area (Å²) in [7, 11) is -4.25. The van der Waals surface area contributed by atoms with Crippen LogP contribution in [0.5, 0.6) is 17.2 Å². The summed E-state index contributed by atoms with van der Waals surface area (Å²) in [6.45, 7) is 2.23. The molecule has 2 aromatic carbocycles. The Labute approximate surface area is 223 Å². The number of benzene rings is 2. The van der Waals surface area contributed by atoms with E-state index in [1.54, 1.807) is 6.07 Å². The van der Waals surface area contributed by atoms with E-state index in [9.17, 15) is 13.5 Å². The summed E-state index contributed by atoms with van der Waals surface area (Å²) < 4.78 is 36.8. The Bertz CT molecular complexity index is 850. The van der Waals surface area contributed by atoms with Gasteiger partial charge >= 0.3 is 51.4 Å². The van der Waals surface area contributed by atoms with Gasteiger partial charge in [0, 0.05) is 0 Å². The quantitative estimate of drug-likeness (QED) is 0.283. The van der Waals surface area contributed by atoms with Gasteiger partial charge in [-0.2, -0.15) is 8.42 Å². The zero-order valence-corrected chi connectivity index (χ0v) is 22.0. The summed E-state index contributed by atoms with van der Waals surface area (Å²) in [6, 6.07) is 10.4. The fourth-order valence-corrected chi connectivity index (χ4v) is 3.71. The number of hydrogen-bond acceptors (Lipinski definition) is 4. The Kier molecular flexibility index (Phi) is 13.5. The molecule has 0 aliphatic heterocycles. The molecule has 7 heteroatoms. The standard InChI is InChI=1S/C23H32O5S.K/c1-2-3-4-5-6-7-8-9-10-11-19-12-17-22(24)23(18-19)28-20-13-15-21(16-14-20)29(25,26)27;/h12-18,24H,2-11H2,1H3,(H,25,26,27);/q;+1/p-1. The molecule has 1 N–H and O–H groups in total. The normalized spacial score (nSPS) is 11.1. The van der Waals surface area contributed by atoms with Gasteiger partial charge in [0.1, 0.15) is 11.5 Å². The third-order valence-corrected chi connectivity index (χ3v) is 5.79. The van der Waals surface area contributed by atoms with Gasteiger partial charge in [0.2, 0.25) is 0 Å². The predicted molar refractivity (Wildman–Crippen MR) is 113 cm³/mol. The van der Waals surface area contributed by atoms with Crippen LogP contribution in [0.3, 0.4) is 0 Å². The molecule has 0 bridgehead atoms. The summed E-state index contributed by atoms with van der Waals surface area (Å²) >= 11 is 0. The molecule has 0 saturated carbocycles. The number of aryl methyl sites for hydroxylation is 1. The van der Waals surface area contributed by atoms with Gasteiger partial charge in [0.25, 0.3) is 10.1 Å². The predicted octanol–water partition coefficient (Wildman–Crippen LogP) is 2.88. The maximum absolute atomic E-state index is 12.1. The minimum Gasteiger partial charge on any atom is -0.870 e. The van der Waals surface area contributed by atoms with Gasteiger partial charge in [0.05, 0.1) is 4.90 Å². The van der Waals surface area contributed by atoms with E-state index >= 15 is 0 Å². The second kappa shape index (κ2) is 14.6. The molecule has 0 aromatic heterocycles.